The number of hydrogen-bond donors (Lipinski definition) is 1. The van der Waals surface area contributed by atoms with Crippen LogP contribution in [-0.4, -0.2) is 36.3 Å². The van der Waals surface area contributed by atoms with Crippen LogP contribution in [-0.2, 0) is 0 Å². The third kappa shape index (κ3) is 4.81. The quantitative estimate of drug-likeness (QED) is 0.821. The Morgan fingerprint density at radius 1 is 1.45 bits per heavy atom. The van der Waals surface area contributed by atoms with Crippen molar-refractivity contribution < 1.29 is 0 Å². The minimum absolute atomic E-state index is 0.299. The summed E-state index contributed by atoms with van der Waals surface area (Å²) in [4.78, 5) is 3.59. The van der Waals surface area contributed by atoms with Crippen molar-refractivity contribution in [2.75, 3.05) is 25.4 Å². The largest absolute Gasteiger partial charge is 0.328 e. The first-order valence-electron chi connectivity index (χ1n) is 7.12. The van der Waals surface area contributed by atoms with E-state index in [2.05, 4.69) is 11.8 Å². The minimum atomic E-state index is 0.299. The van der Waals surface area contributed by atoms with Crippen LogP contribution in [0, 0.1) is 5.92 Å². The SMILES string of the molecule is CC(N)C1CCCN(CCSc2cc(Cl)ccc2Cl)C1. The molecule has 2 nitrogen and oxygen atoms in total. The summed E-state index contributed by atoms with van der Waals surface area (Å²) in [7, 11) is 0. The van der Waals surface area contributed by atoms with E-state index < -0.39 is 0 Å². The molecule has 0 radical (unpaired) electrons. The highest BCUT2D eigenvalue weighted by atomic mass is 35.5. The van der Waals surface area contributed by atoms with Crippen LogP contribution in [0.3, 0.4) is 0 Å². The Kier molecular flexibility index (Phi) is 6.50. The molecule has 1 heterocycles. The molecule has 0 aliphatic carbocycles. The normalized spacial score (nSPS) is 21.9. The van der Waals surface area contributed by atoms with Gasteiger partial charge in [-0.1, -0.05) is 23.2 Å². The lowest BCUT2D eigenvalue weighted by Gasteiger charge is -2.34. The molecular weight excluding hydrogens is 311 g/mol. The first-order valence-corrected chi connectivity index (χ1v) is 8.86. The molecule has 1 aromatic carbocycles. The van der Waals surface area contributed by atoms with Gasteiger partial charge in [0.2, 0.25) is 0 Å². The molecule has 0 bridgehead atoms. The number of rotatable bonds is 5. The minimum Gasteiger partial charge on any atom is -0.328 e. The van der Waals surface area contributed by atoms with E-state index in [0.29, 0.717) is 12.0 Å². The van der Waals surface area contributed by atoms with Gasteiger partial charge < -0.3 is 10.6 Å². The maximum absolute atomic E-state index is 6.17. The lowest BCUT2D eigenvalue weighted by Crippen LogP contribution is -2.43. The standard InChI is InChI=1S/C15H22Cl2N2S/c1-11(18)12-3-2-6-19(10-12)7-8-20-15-9-13(16)4-5-14(15)17/h4-5,9,11-12H,2-3,6-8,10,18H2,1H3. The number of thioether (sulfide) groups is 1. The van der Waals surface area contributed by atoms with Gasteiger partial charge in [0, 0.05) is 34.8 Å². The van der Waals surface area contributed by atoms with Gasteiger partial charge in [-0.15, -0.1) is 11.8 Å². The average molecular weight is 333 g/mol. The monoisotopic (exact) mass is 332 g/mol. The van der Waals surface area contributed by atoms with Gasteiger partial charge >= 0.3 is 0 Å². The number of nitrogens with two attached hydrogens (primary N) is 1. The second-order valence-electron chi connectivity index (χ2n) is 5.49. The maximum atomic E-state index is 6.17. The summed E-state index contributed by atoms with van der Waals surface area (Å²) in [5.74, 6) is 1.68. The number of likely N-dealkylation sites (tertiary alicyclic amines) is 1. The van der Waals surface area contributed by atoms with E-state index in [9.17, 15) is 0 Å². The highest BCUT2D eigenvalue weighted by molar-refractivity contribution is 7.99. The third-order valence-corrected chi connectivity index (χ3v) is 5.56. The zero-order chi connectivity index (χ0) is 14.5. The molecule has 1 aliphatic heterocycles. The summed E-state index contributed by atoms with van der Waals surface area (Å²) in [5, 5.41) is 1.53. The molecule has 20 heavy (non-hydrogen) atoms. The lowest BCUT2D eigenvalue weighted by atomic mass is 9.92. The molecule has 2 unspecified atom stereocenters. The topological polar surface area (TPSA) is 29.3 Å². The Bertz CT molecular complexity index is 440. The van der Waals surface area contributed by atoms with E-state index >= 15 is 0 Å². The smallest absolute Gasteiger partial charge is 0.0542 e. The zero-order valence-corrected chi connectivity index (χ0v) is 14.1. The summed E-state index contributed by atoms with van der Waals surface area (Å²) in [6, 6.07) is 5.92. The number of benzene rings is 1. The van der Waals surface area contributed by atoms with E-state index in [1.54, 1.807) is 11.8 Å². The highest BCUT2D eigenvalue weighted by Gasteiger charge is 2.22. The number of halogens is 2. The van der Waals surface area contributed by atoms with Crippen LogP contribution in [0.15, 0.2) is 23.1 Å². The first-order chi connectivity index (χ1) is 9.56. The summed E-state index contributed by atoms with van der Waals surface area (Å²) < 4.78 is 0. The zero-order valence-electron chi connectivity index (χ0n) is 11.8. The summed E-state index contributed by atoms with van der Waals surface area (Å²) >= 11 is 14.0. The lowest BCUT2D eigenvalue weighted by molar-refractivity contribution is 0.169. The van der Waals surface area contributed by atoms with Crippen LogP contribution >= 0.6 is 35.0 Å². The summed E-state index contributed by atoms with van der Waals surface area (Å²) in [6.45, 7) is 5.51. The van der Waals surface area contributed by atoms with Crippen molar-refractivity contribution in [2.45, 2.75) is 30.7 Å². The van der Waals surface area contributed by atoms with E-state index in [1.165, 1.54) is 19.4 Å². The van der Waals surface area contributed by atoms with Gasteiger partial charge in [0.15, 0.2) is 0 Å². The Morgan fingerprint density at radius 3 is 3.00 bits per heavy atom. The molecule has 5 heteroatoms. The molecule has 2 N–H and O–H groups in total. The number of piperidine rings is 1. The molecule has 1 aromatic rings. The van der Waals surface area contributed by atoms with Gasteiger partial charge in [0.1, 0.15) is 0 Å². The summed E-state index contributed by atoms with van der Waals surface area (Å²) in [5.41, 5.74) is 6.02. The molecule has 0 aromatic heterocycles. The Balaban J connectivity index is 1.79. The van der Waals surface area contributed by atoms with Crippen molar-refractivity contribution in [3.05, 3.63) is 28.2 Å². The van der Waals surface area contributed by atoms with Crippen molar-refractivity contribution in [3.63, 3.8) is 0 Å². The Hall–Kier alpha value is 0.0700. The van der Waals surface area contributed by atoms with Gasteiger partial charge in [-0.2, -0.15) is 0 Å². The fourth-order valence-electron chi connectivity index (χ4n) is 2.60. The van der Waals surface area contributed by atoms with E-state index in [4.69, 9.17) is 28.9 Å². The molecular formula is C15H22Cl2N2S. The predicted molar refractivity (Wildman–Crippen MR) is 90.0 cm³/mol. The number of hydrogen-bond acceptors (Lipinski definition) is 3. The van der Waals surface area contributed by atoms with Crippen molar-refractivity contribution in [1.29, 1.82) is 0 Å². The van der Waals surface area contributed by atoms with Gasteiger partial charge in [-0.3, -0.25) is 0 Å². The molecule has 2 rings (SSSR count). The van der Waals surface area contributed by atoms with Crippen LogP contribution in [0.1, 0.15) is 19.8 Å². The van der Waals surface area contributed by atoms with Crippen LogP contribution in [0.25, 0.3) is 0 Å². The third-order valence-electron chi connectivity index (χ3n) is 3.84. The molecule has 0 saturated carbocycles. The molecule has 0 amide bonds. The molecule has 1 saturated heterocycles. The van der Waals surface area contributed by atoms with Crippen LogP contribution in [0.5, 0.6) is 0 Å². The van der Waals surface area contributed by atoms with E-state index in [1.807, 2.05) is 18.2 Å². The van der Waals surface area contributed by atoms with Crippen LogP contribution < -0.4 is 5.73 Å². The Morgan fingerprint density at radius 2 is 2.25 bits per heavy atom. The molecule has 1 aliphatic rings. The van der Waals surface area contributed by atoms with E-state index in [0.717, 1.165) is 33.8 Å². The second kappa shape index (κ2) is 7.90. The van der Waals surface area contributed by atoms with Gasteiger partial charge in [-0.25, -0.2) is 0 Å². The van der Waals surface area contributed by atoms with E-state index in [-0.39, 0.29) is 0 Å². The molecule has 2 atom stereocenters. The van der Waals surface area contributed by atoms with Crippen molar-refractivity contribution >= 4 is 35.0 Å². The number of nitrogens with zero attached hydrogens (tertiary/aromatic N) is 1. The fraction of sp³-hybridized carbons (Fsp3) is 0.600. The molecule has 1 fully saturated rings. The molecule has 0 spiro atoms. The fourth-order valence-corrected chi connectivity index (χ4v) is 4.10. The van der Waals surface area contributed by atoms with Crippen molar-refractivity contribution in [2.24, 2.45) is 11.7 Å². The summed E-state index contributed by atoms with van der Waals surface area (Å²) in [6.07, 6.45) is 2.52. The van der Waals surface area contributed by atoms with Gasteiger partial charge in [0.05, 0.1) is 5.02 Å². The van der Waals surface area contributed by atoms with Gasteiger partial charge in [0.25, 0.3) is 0 Å². The van der Waals surface area contributed by atoms with Crippen LogP contribution in [0.4, 0.5) is 0 Å². The van der Waals surface area contributed by atoms with Crippen molar-refractivity contribution in [1.82, 2.24) is 4.90 Å². The maximum Gasteiger partial charge on any atom is 0.0542 e. The van der Waals surface area contributed by atoms with Gasteiger partial charge in [-0.05, 0) is 50.4 Å². The molecule has 112 valence electrons. The average Bonchev–Trinajstić information content (AvgIpc) is 2.43. The second-order valence-corrected chi connectivity index (χ2v) is 7.47. The highest BCUT2D eigenvalue weighted by Crippen LogP contribution is 2.30. The van der Waals surface area contributed by atoms with Crippen molar-refractivity contribution in [3.8, 4) is 0 Å². The Labute approximate surface area is 136 Å². The van der Waals surface area contributed by atoms with Crippen LogP contribution in [0.2, 0.25) is 10.0 Å². The first kappa shape index (κ1) is 16.4. The predicted octanol–water partition coefficient (Wildman–Crippen LogP) is 4.14.